The summed E-state index contributed by atoms with van der Waals surface area (Å²) in [7, 11) is 0. The molecule has 0 bridgehead atoms. The van der Waals surface area contributed by atoms with Crippen LogP contribution >= 0.6 is 11.8 Å². The second kappa shape index (κ2) is 6.79. The molecule has 74 valence electrons. The summed E-state index contributed by atoms with van der Waals surface area (Å²) in [6.45, 7) is 9.09. The topological polar surface area (TPSA) is 12.0 Å². The van der Waals surface area contributed by atoms with E-state index in [2.05, 4.69) is 32.3 Å². The summed E-state index contributed by atoms with van der Waals surface area (Å²) in [6, 6.07) is 0. The molecular formula is C10H23NS. The van der Waals surface area contributed by atoms with Gasteiger partial charge in [0, 0.05) is 6.54 Å². The molecule has 1 nitrogen and oxygen atoms in total. The molecular weight excluding hydrogens is 166 g/mol. The van der Waals surface area contributed by atoms with E-state index in [1.165, 1.54) is 18.6 Å². The molecule has 0 unspecified atom stereocenters. The molecule has 0 heterocycles. The molecule has 0 saturated carbocycles. The standard InChI is InChI=1S/C10H23NS/c1-5-11-9-10(2,3)7-6-8-12-4/h11H,5-9H2,1-4H3. The van der Waals surface area contributed by atoms with E-state index in [4.69, 9.17) is 0 Å². The number of rotatable bonds is 7. The van der Waals surface area contributed by atoms with Crippen LogP contribution < -0.4 is 5.32 Å². The van der Waals surface area contributed by atoms with Crippen LogP contribution in [0.2, 0.25) is 0 Å². The fraction of sp³-hybridized carbons (Fsp3) is 1.00. The molecule has 12 heavy (non-hydrogen) atoms. The first kappa shape index (κ1) is 12.3. The molecule has 0 radical (unpaired) electrons. The van der Waals surface area contributed by atoms with Gasteiger partial charge < -0.3 is 5.32 Å². The van der Waals surface area contributed by atoms with Gasteiger partial charge >= 0.3 is 0 Å². The summed E-state index contributed by atoms with van der Waals surface area (Å²) < 4.78 is 0. The summed E-state index contributed by atoms with van der Waals surface area (Å²) >= 11 is 1.95. The highest BCUT2D eigenvalue weighted by atomic mass is 32.2. The van der Waals surface area contributed by atoms with Crippen LogP contribution in [0.5, 0.6) is 0 Å². The van der Waals surface area contributed by atoms with Crippen LogP contribution in [0.4, 0.5) is 0 Å². The van der Waals surface area contributed by atoms with E-state index in [0.29, 0.717) is 5.41 Å². The number of hydrogen-bond acceptors (Lipinski definition) is 2. The third-order valence-electron chi connectivity index (χ3n) is 2.06. The predicted octanol–water partition coefficient (Wildman–Crippen LogP) is 2.77. The molecule has 0 atom stereocenters. The summed E-state index contributed by atoms with van der Waals surface area (Å²) in [6.07, 6.45) is 4.86. The van der Waals surface area contributed by atoms with Crippen LogP contribution in [-0.2, 0) is 0 Å². The van der Waals surface area contributed by atoms with E-state index >= 15 is 0 Å². The van der Waals surface area contributed by atoms with E-state index in [1.54, 1.807) is 0 Å². The number of nitrogens with one attached hydrogen (secondary N) is 1. The van der Waals surface area contributed by atoms with Gasteiger partial charge in [-0.05, 0) is 36.8 Å². The summed E-state index contributed by atoms with van der Waals surface area (Å²) in [5, 5.41) is 3.41. The van der Waals surface area contributed by atoms with Crippen LogP contribution in [0.3, 0.4) is 0 Å². The highest BCUT2D eigenvalue weighted by Crippen LogP contribution is 2.21. The zero-order chi connectivity index (χ0) is 9.45. The lowest BCUT2D eigenvalue weighted by Gasteiger charge is -2.24. The van der Waals surface area contributed by atoms with Crippen molar-refractivity contribution >= 4 is 11.8 Å². The maximum Gasteiger partial charge on any atom is 0.000241 e. The van der Waals surface area contributed by atoms with Crippen molar-refractivity contribution in [3.05, 3.63) is 0 Å². The quantitative estimate of drug-likeness (QED) is 0.618. The maximum absolute atomic E-state index is 3.41. The summed E-state index contributed by atoms with van der Waals surface area (Å²) in [5.74, 6) is 1.30. The SMILES string of the molecule is CCNCC(C)(C)CCCSC. The van der Waals surface area contributed by atoms with E-state index in [1.807, 2.05) is 11.8 Å². The Balaban J connectivity index is 3.42. The minimum atomic E-state index is 0.478. The van der Waals surface area contributed by atoms with Gasteiger partial charge in [0.2, 0.25) is 0 Å². The Morgan fingerprint density at radius 3 is 2.50 bits per heavy atom. The molecule has 2 heteroatoms. The van der Waals surface area contributed by atoms with Gasteiger partial charge in [-0.25, -0.2) is 0 Å². The number of thioether (sulfide) groups is 1. The molecule has 0 aromatic heterocycles. The van der Waals surface area contributed by atoms with Gasteiger partial charge in [-0.15, -0.1) is 0 Å². The zero-order valence-corrected chi connectivity index (χ0v) is 9.76. The smallest absolute Gasteiger partial charge is 0.000241 e. The minimum Gasteiger partial charge on any atom is -0.316 e. The van der Waals surface area contributed by atoms with Crippen molar-refractivity contribution in [1.29, 1.82) is 0 Å². The Bertz CT molecular complexity index is 102. The third kappa shape index (κ3) is 6.99. The van der Waals surface area contributed by atoms with E-state index in [9.17, 15) is 0 Å². The molecule has 1 N–H and O–H groups in total. The minimum absolute atomic E-state index is 0.478. The Kier molecular flexibility index (Phi) is 6.96. The van der Waals surface area contributed by atoms with Crippen molar-refractivity contribution in [2.75, 3.05) is 25.1 Å². The van der Waals surface area contributed by atoms with Crippen molar-refractivity contribution in [2.45, 2.75) is 33.6 Å². The lowest BCUT2D eigenvalue weighted by Crippen LogP contribution is -2.29. The van der Waals surface area contributed by atoms with Crippen molar-refractivity contribution in [3.8, 4) is 0 Å². The Morgan fingerprint density at radius 2 is 2.00 bits per heavy atom. The fourth-order valence-corrected chi connectivity index (χ4v) is 1.68. The Labute approximate surface area is 81.7 Å². The fourth-order valence-electron chi connectivity index (χ4n) is 1.25. The van der Waals surface area contributed by atoms with Crippen LogP contribution in [0.25, 0.3) is 0 Å². The van der Waals surface area contributed by atoms with Crippen molar-refractivity contribution in [3.63, 3.8) is 0 Å². The Morgan fingerprint density at radius 1 is 1.33 bits per heavy atom. The Hall–Kier alpha value is 0.310. The molecule has 0 saturated heterocycles. The van der Waals surface area contributed by atoms with Gasteiger partial charge in [0.25, 0.3) is 0 Å². The second-order valence-corrected chi connectivity index (χ2v) is 5.03. The van der Waals surface area contributed by atoms with Gasteiger partial charge in [-0.1, -0.05) is 20.8 Å². The van der Waals surface area contributed by atoms with Gasteiger partial charge in [-0.2, -0.15) is 11.8 Å². The molecule has 0 aliphatic rings. The van der Waals surface area contributed by atoms with Gasteiger partial charge in [0.15, 0.2) is 0 Å². The third-order valence-corrected chi connectivity index (χ3v) is 2.75. The monoisotopic (exact) mass is 189 g/mol. The molecule has 0 fully saturated rings. The van der Waals surface area contributed by atoms with Gasteiger partial charge in [0.1, 0.15) is 0 Å². The van der Waals surface area contributed by atoms with Crippen LogP contribution in [0.15, 0.2) is 0 Å². The normalized spacial score (nSPS) is 12.0. The first-order chi connectivity index (χ1) is 5.62. The summed E-state index contributed by atoms with van der Waals surface area (Å²) in [4.78, 5) is 0. The van der Waals surface area contributed by atoms with E-state index < -0.39 is 0 Å². The number of hydrogen-bond donors (Lipinski definition) is 1. The lowest BCUT2D eigenvalue weighted by molar-refractivity contribution is 0.315. The highest BCUT2D eigenvalue weighted by Gasteiger charge is 2.15. The predicted molar refractivity (Wildman–Crippen MR) is 59.9 cm³/mol. The average molecular weight is 189 g/mol. The molecule has 0 aliphatic carbocycles. The summed E-state index contributed by atoms with van der Waals surface area (Å²) in [5.41, 5.74) is 0.478. The largest absolute Gasteiger partial charge is 0.316 e. The van der Waals surface area contributed by atoms with Gasteiger partial charge in [0.05, 0.1) is 0 Å². The van der Waals surface area contributed by atoms with Crippen molar-refractivity contribution in [1.82, 2.24) is 5.32 Å². The molecule has 0 amide bonds. The van der Waals surface area contributed by atoms with E-state index in [-0.39, 0.29) is 0 Å². The van der Waals surface area contributed by atoms with Crippen molar-refractivity contribution in [2.24, 2.45) is 5.41 Å². The van der Waals surface area contributed by atoms with Crippen LogP contribution in [0.1, 0.15) is 33.6 Å². The first-order valence-electron chi connectivity index (χ1n) is 4.82. The molecule has 0 rings (SSSR count). The second-order valence-electron chi connectivity index (χ2n) is 4.04. The van der Waals surface area contributed by atoms with Crippen molar-refractivity contribution < 1.29 is 0 Å². The molecule has 0 spiro atoms. The molecule has 0 aromatic carbocycles. The average Bonchev–Trinajstić information content (AvgIpc) is 2.01. The van der Waals surface area contributed by atoms with Crippen LogP contribution in [0, 0.1) is 5.41 Å². The first-order valence-corrected chi connectivity index (χ1v) is 6.21. The molecule has 0 aliphatic heterocycles. The maximum atomic E-state index is 3.41. The van der Waals surface area contributed by atoms with Gasteiger partial charge in [-0.3, -0.25) is 0 Å². The lowest BCUT2D eigenvalue weighted by atomic mass is 9.88. The van der Waals surface area contributed by atoms with E-state index in [0.717, 1.165) is 13.1 Å². The van der Waals surface area contributed by atoms with Crippen LogP contribution in [-0.4, -0.2) is 25.1 Å². The highest BCUT2D eigenvalue weighted by molar-refractivity contribution is 7.98. The molecule has 0 aromatic rings. The zero-order valence-electron chi connectivity index (χ0n) is 8.94.